The van der Waals surface area contributed by atoms with Gasteiger partial charge in [0, 0.05) is 22.1 Å². The van der Waals surface area contributed by atoms with E-state index in [1.165, 1.54) is 17.8 Å². The first-order valence-electron chi connectivity index (χ1n) is 6.04. The van der Waals surface area contributed by atoms with Crippen LogP contribution in [-0.2, 0) is 15.3 Å². The lowest BCUT2D eigenvalue weighted by Crippen LogP contribution is -2.34. The second kappa shape index (κ2) is 8.14. The predicted octanol–water partition coefficient (Wildman–Crippen LogP) is 1.56. The zero-order chi connectivity index (χ0) is 15.1. The van der Waals surface area contributed by atoms with Crippen LogP contribution < -0.4 is 11.5 Å². The average molecular weight is 317 g/mol. The van der Waals surface area contributed by atoms with Crippen LogP contribution in [0.2, 0.25) is 5.02 Å². The lowest BCUT2D eigenvalue weighted by molar-refractivity contribution is -0.144. The molecular weight excluding hydrogens is 300 g/mol. The van der Waals surface area contributed by atoms with Gasteiger partial charge in [0.25, 0.3) is 0 Å². The molecule has 0 radical (unpaired) electrons. The molecule has 0 bridgehead atoms. The van der Waals surface area contributed by atoms with Crippen LogP contribution in [0.5, 0.6) is 0 Å². The summed E-state index contributed by atoms with van der Waals surface area (Å²) >= 11 is 7.53. The van der Waals surface area contributed by atoms with E-state index >= 15 is 0 Å². The Kier molecular flexibility index (Phi) is 6.84. The fourth-order valence-electron chi connectivity index (χ4n) is 1.43. The minimum absolute atomic E-state index is 0.317. The Morgan fingerprint density at radius 3 is 2.70 bits per heavy atom. The smallest absolute Gasteiger partial charge is 0.323 e. The highest BCUT2D eigenvalue weighted by Crippen LogP contribution is 2.22. The molecule has 0 aliphatic carbocycles. The molecule has 1 aromatic rings. The molecule has 1 rings (SSSR count). The molecule has 0 aliphatic heterocycles. The minimum Gasteiger partial charge on any atom is -0.465 e. The molecule has 110 valence electrons. The van der Waals surface area contributed by atoms with Gasteiger partial charge in [0.15, 0.2) is 0 Å². The Morgan fingerprint density at radius 2 is 2.15 bits per heavy atom. The van der Waals surface area contributed by atoms with Crippen molar-refractivity contribution in [1.29, 1.82) is 0 Å². The summed E-state index contributed by atoms with van der Waals surface area (Å²) in [5.74, 6) is 0.100. The van der Waals surface area contributed by atoms with Crippen LogP contribution in [-0.4, -0.2) is 30.3 Å². The molecule has 7 heteroatoms. The van der Waals surface area contributed by atoms with Gasteiger partial charge >= 0.3 is 5.97 Å². The van der Waals surface area contributed by atoms with E-state index in [4.69, 9.17) is 27.8 Å². The molecule has 4 N–H and O–H groups in total. The molecule has 0 saturated heterocycles. The molecule has 1 unspecified atom stereocenters. The van der Waals surface area contributed by atoms with Gasteiger partial charge < -0.3 is 16.2 Å². The summed E-state index contributed by atoms with van der Waals surface area (Å²) in [6.45, 7) is 2.05. The number of benzene rings is 1. The molecule has 0 aromatic heterocycles. The van der Waals surface area contributed by atoms with Crippen molar-refractivity contribution in [2.45, 2.75) is 18.7 Å². The summed E-state index contributed by atoms with van der Waals surface area (Å²) < 4.78 is 4.82. The molecule has 5 nitrogen and oxygen atoms in total. The van der Waals surface area contributed by atoms with Gasteiger partial charge in [-0.25, -0.2) is 0 Å². The Labute approximate surface area is 127 Å². The number of hydrogen-bond acceptors (Lipinski definition) is 5. The van der Waals surface area contributed by atoms with E-state index in [1.54, 1.807) is 19.1 Å². The van der Waals surface area contributed by atoms with E-state index in [2.05, 4.69) is 0 Å². The maximum atomic E-state index is 11.3. The number of nitrogens with two attached hydrogens (primary N) is 2. The van der Waals surface area contributed by atoms with Gasteiger partial charge in [-0.3, -0.25) is 9.59 Å². The summed E-state index contributed by atoms with van der Waals surface area (Å²) in [4.78, 5) is 22.3. The second-order valence-electron chi connectivity index (χ2n) is 4.04. The number of thioether (sulfide) groups is 1. The van der Waals surface area contributed by atoms with E-state index in [9.17, 15) is 9.59 Å². The van der Waals surface area contributed by atoms with E-state index < -0.39 is 17.9 Å². The van der Waals surface area contributed by atoms with Gasteiger partial charge in [0.1, 0.15) is 6.04 Å². The molecule has 0 fully saturated rings. The molecule has 0 saturated carbocycles. The monoisotopic (exact) mass is 316 g/mol. The zero-order valence-electron chi connectivity index (χ0n) is 11.1. The van der Waals surface area contributed by atoms with Crippen LogP contribution in [0.4, 0.5) is 0 Å². The van der Waals surface area contributed by atoms with Gasteiger partial charge in [-0.15, -0.1) is 0 Å². The van der Waals surface area contributed by atoms with Gasteiger partial charge in [0.2, 0.25) is 5.91 Å². The topological polar surface area (TPSA) is 95.4 Å². The van der Waals surface area contributed by atoms with Crippen molar-refractivity contribution in [2.24, 2.45) is 11.5 Å². The molecule has 1 atom stereocenters. The minimum atomic E-state index is -0.649. The third-order valence-electron chi connectivity index (χ3n) is 2.48. The Bertz CT molecular complexity index is 497. The first-order chi connectivity index (χ1) is 9.45. The third kappa shape index (κ3) is 5.03. The normalized spacial score (nSPS) is 11.9. The largest absolute Gasteiger partial charge is 0.465 e. The van der Waals surface area contributed by atoms with Crippen LogP contribution in [0.15, 0.2) is 18.2 Å². The summed E-state index contributed by atoms with van der Waals surface area (Å²) in [5, 5.41) is 0.471. The molecular formula is C13H17ClN2O3S. The number of ether oxygens (including phenoxy) is 1. The molecule has 0 aliphatic rings. The van der Waals surface area contributed by atoms with E-state index in [0.29, 0.717) is 28.7 Å². The van der Waals surface area contributed by atoms with Crippen molar-refractivity contribution in [3.05, 3.63) is 34.3 Å². The number of esters is 1. The van der Waals surface area contributed by atoms with E-state index in [0.717, 1.165) is 5.56 Å². The summed E-state index contributed by atoms with van der Waals surface area (Å²) in [6, 6.07) is 4.25. The molecule has 1 amide bonds. The standard InChI is InChI=1S/C13H17ClN2O3S/c1-2-19-13(18)11(15)7-20-6-9-4-3-8(12(16)17)5-10(9)14/h3-5,11H,2,6-7,15H2,1H3,(H2,16,17). The quantitative estimate of drug-likeness (QED) is 0.744. The summed E-state index contributed by atoms with van der Waals surface area (Å²) in [5.41, 5.74) is 12.1. The van der Waals surface area contributed by atoms with Crippen molar-refractivity contribution in [3.8, 4) is 0 Å². The summed E-state index contributed by atoms with van der Waals surface area (Å²) in [6.07, 6.45) is 0. The molecule has 20 heavy (non-hydrogen) atoms. The van der Waals surface area contributed by atoms with Crippen LogP contribution in [0.25, 0.3) is 0 Å². The number of halogens is 1. The second-order valence-corrected chi connectivity index (χ2v) is 5.48. The predicted molar refractivity (Wildman–Crippen MR) is 80.7 cm³/mol. The highest BCUT2D eigenvalue weighted by molar-refractivity contribution is 7.98. The van der Waals surface area contributed by atoms with E-state index in [1.807, 2.05) is 0 Å². The van der Waals surface area contributed by atoms with Crippen LogP contribution in [0, 0.1) is 0 Å². The fraction of sp³-hybridized carbons (Fsp3) is 0.385. The van der Waals surface area contributed by atoms with Gasteiger partial charge in [-0.05, 0) is 24.6 Å². The molecule has 1 aromatic carbocycles. The number of amides is 1. The molecule has 0 spiro atoms. The number of carbonyl (C=O) groups excluding carboxylic acids is 2. The van der Waals surface area contributed by atoms with Gasteiger partial charge in [0.05, 0.1) is 6.61 Å². The number of rotatable bonds is 7. The van der Waals surface area contributed by atoms with Crippen LogP contribution >= 0.6 is 23.4 Å². The highest BCUT2D eigenvalue weighted by Gasteiger charge is 2.14. The fourth-order valence-corrected chi connectivity index (χ4v) is 2.74. The van der Waals surface area contributed by atoms with Crippen molar-refractivity contribution >= 4 is 35.2 Å². The van der Waals surface area contributed by atoms with Crippen molar-refractivity contribution in [2.75, 3.05) is 12.4 Å². The van der Waals surface area contributed by atoms with E-state index in [-0.39, 0.29) is 0 Å². The van der Waals surface area contributed by atoms with Crippen molar-refractivity contribution < 1.29 is 14.3 Å². The van der Waals surface area contributed by atoms with Gasteiger partial charge in [-0.2, -0.15) is 11.8 Å². The first-order valence-corrected chi connectivity index (χ1v) is 7.57. The number of hydrogen-bond donors (Lipinski definition) is 2. The SMILES string of the molecule is CCOC(=O)C(N)CSCc1ccc(C(N)=O)cc1Cl. The van der Waals surface area contributed by atoms with Gasteiger partial charge in [-0.1, -0.05) is 17.7 Å². The van der Waals surface area contributed by atoms with Crippen molar-refractivity contribution in [3.63, 3.8) is 0 Å². The first kappa shape index (κ1) is 16.8. The Balaban J connectivity index is 2.50. The third-order valence-corrected chi connectivity index (χ3v) is 3.94. The van der Waals surface area contributed by atoms with Crippen LogP contribution in [0.3, 0.4) is 0 Å². The van der Waals surface area contributed by atoms with Crippen LogP contribution in [0.1, 0.15) is 22.8 Å². The molecule has 0 heterocycles. The maximum Gasteiger partial charge on any atom is 0.323 e. The Hall–Kier alpha value is -1.24. The Morgan fingerprint density at radius 1 is 1.45 bits per heavy atom. The maximum absolute atomic E-state index is 11.3. The summed E-state index contributed by atoms with van der Waals surface area (Å²) in [7, 11) is 0. The lowest BCUT2D eigenvalue weighted by atomic mass is 10.1. The number of primary amides is 1. The highest BCUT2D eigenvalue weighted by atomic mass is 35.5. The number of carbonyl (C=O) groups is 2. The average Bonchev–Trinajstić information content (AvgIpc) is 2.40. The zero-order valence-corrected chi connectivity index (χ0v) is 12.7. The van der Waals surface area contributed by atoms with Crippen molar-refractivity contribution in [1.82, 2.24) is 0 Å². The lowest BCUT2D eigenvalue weighted by Gasteiger charge is -2.10.